The molecule has 1 aromatic rings. The molecule has 5 nitrogen and oxygen atoms in total. The van der Waals surface area contributed by atoms with Gasteiger partial charge in [-0.15, -0.1) is 13.2 Å². The van der Waals surface area contributed by atoms with Gasteiger partial charge in [-0.2, -0.15) is 0 Å². The summed E-state index contributed by atoms with van der Waals surface area (Å²) >= 11 is 0. The fourth-order valence-electron chi connectivity index (χ4n) is 1.34. The lowest BCUT2D eigenvalue weighted by Gasteiger charge is -2.14. The molecule has 0 radical (unpaired) electrons. The first-order valence-electron chi connectivity index (χ1n) is 5.85. The van der Waals surface area contributed by atoms with Crippen molar-refractivity contribution in [2.75, 3.05) is 11.9 Å². The Bertz CT molecular complexity index is 450. The number of halogens is 3. The lowest BCUT2D eigenvalue weighted by atomic mass is 10.3. The second-order valence-electron chi connectivity index (χ2n) is 4.06. The van der Waals surface area contributed by atoms with Gasteiger partial charge in [0.25, 0.3) is 0 Å². The molecule has 1 atom stereocenters. The molecule has 0 heterocycles. The molecular weight excluding hydrogens is 277 g/mol. The highest BCUT2D eigenvalue weighted by molar-refractivity contribution is 5.90. The molecule has 0 bridgehead atoms. The van der Waals surface area contributed by atoms with Crippen molar-refractivity contribution in [1.82, 2.24) is 5.32 Å². The summed E-state index contributed by atoms with van der Waals surface area (Å²) in [6.07, 6.45) is -5.06. The van der Waals surface area contributed by atoms with Crippen molar-refractivity contribution in [3.8, 4) is 5.75 Å². The summed E-state index contributed by atoms with van der Waals surface area (Å²) in [6.45, 7) is 1.76. The third-order valence-corrected chi connectivity index (χ3v) is 2.21. The van der Waals surface area contributed by atoms with Crippen LogP contribution in [0.3, 0.4) is 0 Å². The molecule has 3 N–H and O–H groups in total. The third kappa shape index (κ3) is 6.28. The molecule has 20 heavy (non-hydrogen) atoms. The lowest BCUT2D eigenvalue weighted by molar-refractivity contribution is -0.274. The van der Waals surface area contributed by atoms with Gasteiger partial charge >= 0.3 is 12.4 Å². The van der Waals surface area contributed by atoms with E-state index in [0.717, 1.165) is 6.07 Å². The van der Waals surface area contributed by atoms with Crippen molar-refractivity contribution in [2.45, 2.75) is 25.8 Å². The highest BCUT2D eigenvalue weighted by Crippen LogP contribution is 2.29. The fourth-order valence-corrected chi connectivity index (χ4v) is 1.34. The van der Waals surface area contributed by atoms with Gasteiger partial charge in [0.2, 0.25) is 0 Å². The molecule has 2 amide bonds. The van der Waals surface area contributed by atoms with Crippen molar-refractivity contribution in [3.63, 3.8) is 0 Å². The molecule has 0 aliphatic heterocycles. The molecule has 0 spiro atoms. The number of aliphatic hydroxyl groups excluding tert-OH is 1. The average Bonchev–Trinajstić information content (AvgIpc) is 2.29. The van der Waals surface area contributed by atoms with Gasteiger partial charge in [-0.1, -0.05) is 12.1 Å². The van der Waals surface area contributed by atoms with E-state index in [1.165, 1.54) is 18.2 Å². The summed E-state index contributed by atoms with van der Waals surface area (Å²) in [4.78, 5) is 11.5. The molecule has 8 heteroatoms. The van der Waals surface area contributed by atoms with Crippen molar-refractivity contribution in [2.24, 2.45) is 0 Å². The number of hydrogen-bond acceptors (Lipinski definition) is 3. The third-order valence-electron chi connectivity index (χ3n) is 2.21. The first-order valence-corrected chi connectivity index (χ1v) is 5.85. The van der Waals surface area contributed by atoms with Crippen molar-refractivity contribution in [3.05, 3.63) is 24.3 Å². The van der Waals surface area contributed by atoms with Crippen LogP contribution in [-0.2, 0) is 0 Å². The minimum absolute atomic E-state index is 0.0978. The molecule has 1 aromatic carbocycles. The SMILES string of the molecule is CC(O)CCNC(=O)Nc1ccccc1OC(F)(F)F. The van der Waals surface area contributed by atoms with Gasteiger partial charge in [-0.3, -0.25) is 0 Å². The number of amides is 2. The van der Waals surface area contributed by atoms with Crippen LogP contribution in [-0.4, -0.2) is 30.1 Å². The number of urea groups is 1. The maximum Gasteiger partial charge on any atom is 0.573 e. The van der Waals surface area contributed by atoms with E-state index in [0.29, 0.717) is 6.42 Å². The number of ether oxygens (including phenoxy) is 1. The van der Waals surface area contributed by atoms with E-state index in [1.807, 2.05) is 0 Å². The van der Waals surface area contributed by atoms with E-state index < -0.39 is 24.2 Å². The second kappa shape index (κ2) is 6.99. The van der Waals surface area contributed by atoms with Crippen LogP contribution in [0.2, 0.25) is 0 Å². The summed E-state index contributed by atoms with van der Waals surface area (Å²) < 4.78 is 40.3. The van der Waals surface area contributed by atoms with E-state index >= 15 is 0 Å². The number of benzene rings is 1. The van der Waals surface area contributed by atoms with E-state index in [2.05, 4.69) is 15.4 Å². The first kappa shape index (κ1) is 16.1. The minimum atomic E-state index is -4.83. The number of rotatable bonds is 5. The van der Waals surface area contributed by atoms with Gasteiger partial charge in [0.1, 0.15) is 0 Å². The molecule has 1 unspecified atom stereocenters. The summed E-state index contributed by atoms with van der Waals surface area (Å²) in [7, 11) is 0. The summed E-state index contributed by atoms with van der Waals surface area (Å²) in [5.74, 6) is -0.495. The normalized spacial score (nSPS) is 12.7. The number of aliphatic hydroxyl groups is 1. The number of nitrogens with one attached hydrogen (secondary N) is 2. The Morgan fingerprint density at radius 3 is 2.65 bits per heavy atom. The quantitative estimate of drug-likeness (QED) is 0.781. The zero-order chi connectivity index (χ0) is 15.2. The van der Waals surface area contributed by atoms with Crippen LogP contribution in [0.1, 0.15) is 13.3 Å². The lowest BCUT2D eigenvalue weighted by Crippen LogP contribution is -2.31. The Morgan fingerprint density at radius 1 is 1.40 bits per heavy atom. The standard InChI is InChI=1S/C12H15F3N2O3/c1-8(18)6-7-16-11(19)17-9-4-2-3-5-10(9)20-12(13,14)15/h2-5,8,18H,6-7H2,1H3,(H2,16,17,19). The van der Waals surface area contributed by atoms with Gasteiger partial charge in [-0.25, -0.2) is 4.79 Å². The van der Waals surface area contributed by atoms with E-state index in [-0.39, 0.29) is 12.2 Å². The predicted octanol–water partition coefficient (Wildman–Crippen LogP) is 2.48. The number of alkyl halides is 3. The second-order valence-corrected chi connectivity index (χ2v) is 4.06. The molecule has 0 saturated carbocycles. The zero-order valence-corrected chi connectivity index (χ0v) is 10.7. The molecule has 0 fully saturated rings. The number of carbonyl (C=O) groups is 1. The summed E-state index contributed by atoms with van der Waals surface area (Å²) in [6, 6.07) is 4.53. The molecule has 0 saturated heterocycles. The topological polar surface area (TPSA) is 70.6 Å². The Hall–Kier alpha value is -1.96. The summed E-state index contributed by atoms with van der Waals surface area (Å²) in [5, 5.41) is 13.7. The average molecular weight is 292 g/mol. The van der Waals surface area contributed by atoms with Crippen LogP contribution in [0.15, 0.2) is 24.3 Å². The fraction of sp³-hybridized carbons (Fsp3) is 0.417. The maximum absolute atomic E-state index is 12.2. The molecule has 112 valence electrons. The number of para-hydroxylation sites is 2. The number of hydrogen-bond donors (Lipinski definition) is 3. The van der Waals surface area contributed by atoms with Crippen molar-refractivity contribution < 1.29 is 27.8 Å². The van der Waals surface area contributed by atoms with Crippen LogP contribution < -0.4 is 15.4 Å². The Balaban J connectivity index is 2.61. The number of carbonyl (C=O) groups excluding carboxylic acids is 1. The molecular formula is C12H15F3N2O3. The summed E-state index contributed by atoms with van der Waals surface area (Å²) in [5.41, 5.74) is -0.0978. The zero-order valence-electron chi connectivity index (χ0n) is 10.7. The van der Waals surface area contributed by atoms with Crippen molar-refractivity contribution in [1.29, 1.82) is 0 Å². The molecule has 0 aliphatic rings. The van der Waals surface area contributed by atoms with Crippen LogP contribution in [0.5, 0.6) is 5.75 Å². The molecule has 1 rings (SSSR count). The van der Waals surface area contributed by atoms with Crippen molar-refractivity contribution >= 4 is 11.7 Å². The van der Waals surface area contributed by atoms with E-state index in [4.69, 9.17) is 5.11 Å². The van der Waals surface area contributed by atoms with E-state index in [1.54, 1.807) is 6.92 Å². The van der Waals surface area contributed by atoms with Gasteiger partial charge in [-0.05, 0) is 25.5 Å². The Labute approximate surface area is 113 Å². The highest BCUT2D eigenvalue weighted by Gasteiger charge is 2.32. The van der Waals surface area contributed by atoms with Gasteiger partial charge in [0.05, 0.1) is 11.8 Å². The number of anilines is 1. The van der Waals surface area contributed by atoms with Crippen LogP contribution in [0.4, 0.5) is 23.7 Å². The molecule has 0 aliphatic carbocycles. The largest absolute Gasteiger partial charge is 0.573 e. The Morgan fingerprint density at radius 2 is 2.05 bits per heavy atom. The van der Waals surface area contributed by atoms with E-state index in [9.17, 15) is 18.0 Å². The van der Waals surface area contributed by atoms with Gasteiger partial charge in [0.15, 0.2) is 5.75 Å². The highest BCUT2D eigenvalue weighted by atomic mass is 19.4. The minimum Gasteiger partial charge on any atom is -0.404 e. The maximum atomic E-state index is 12.2. The van der Waals surface area contributed by atoms with Crippen LogP contribution >= 0.6 is 0 Å². The van der Waals surface area contributed by atoms with Crippen LogP contribution in [0, 0.1) is 0 Å². The molecule has 0 aromatic heterocycles. The first-order chi connectivity index (χ1) is 9.28. The predicted molar refractivity (Wildman–Crippen MR) is 66.4 cm³/mol. The van der Waals surface area contributed by atoms with Gasteiger partial charge in [0, 0.05) is 6.54 Å². The van der Waals surface area contributed by atoms with Crippen LogP contribution in [0.25, 0.3) is 0 Å². The Kier molecular flexibility index (Phi) is 5.63. The smallest absolute Gasteiger partial charge is 0.404 e. The monoisotopic (exact) mass is 292 g/mol. The van der Waals surface area contributed by atoms with Gasteiger partial charge < -0.3 is 20.5 Å².